The van der Waals surface area contributed by atoms with Crippen LogP contribution in [0.25, 0.3) is 11.1 Å². The molecule has 1 heterocycles. The van der Waals surface area contributed by atoms with E-state index in [4.69, 9.17) is 4.74 Å². The molecular weight excluding hydrogens is 337 g/mol. The van der Waals surface area contributed by atoms with E-state index in [-0.39, 0.29) is 11.1 Å². The molecule has 1 aromatic heterocycles. The first-order chi connectivity index (χ1) is 12.0. The van der Waals surface area contributed by atoms with Gasteiger partial charge in [0.05, 0.1) is 5.56 Å². The lowest BCUT2D eigenvalue weighted by molar-refractivity contribution is -0.164. The zero-order valence-electron chi connectivity index (χ0n) is 15.5. The predicted molar refractivity (Wildman–Crippen MR) is 96.7 cm³/mol. The second-order valence-electron chi connectivity index (χ2n) is 7.55. The second-order valence-corrected chi connectivity index (χ2v) is 7.55. The smallest absolute Gasteiger partial charge is 0.332 e. The van der Waals surface area contributed by atoms with Gasteiger partial charge in [-0.25, -0.2) is 9.18 Å². The first-order valence-corrected chi connectivity index (χ1v) is 8.17. The van der Waals surface area contributed by atoms with Crippen LogP contribution in [0.2, 0.25) is 0 Å². The molecule has 0 spiro atoms. The monoisotopic (exact) mass is 359 g/mol. The zero-order valence-corrected chi connectivity index (χ0v) is 15.5. The number of carbonyl (C=O) groups excluding carboxylic acids is 2. The molecule has 5 nitrogen and oxygen atoms in total. The van der Waals surface area contributed by atoms with Crippen LogP contribution >= 0.6 is 0 Å². The molecule has 1 aromatic carbocycles. The van der Waals surface area contributed by atoms with Crippen LogP contribution in [0.5, 0.6) is 0 Å². The minimum atomic E-state index is -1.16. The van der Waals surface area contributed by atoms with Crippen molar-refractivity contribution in [1.29, 1.82) is 0 Å². The summed E-state index contributed by atoms with van der Waals surface area (Å²) in [6, 6.07) is 5.36. The van der Waals surface area contributed by atoms with Crippen LogP contribution in [0.15, 0.2) is 41.5 Å². The molecule has 0 saturated heterocycles. The van der Waals surface area contributed by atoms with E-state index in [1.807, 2.05) is 0 Å². The van der Waals surface area contributed by atoms with Gasteiger partial charge in [-0.05, 0) is 52.3 Å². The Kier molecular flexibility index (Phi) is 5.16. The molecule has 6 heteroatoms. The van der Waals surface area contributed by atoms with E-state index < -0.39 is 28.4 Å². The predicted octanol–water partition coefficient (Wildman–Crippen LogP) is 3.54. The van der Waals surface area contributed by atoms with Gasteiger partial charge in [-0.1, -0.05) is 12.1 Å². The van der Waals surface area contributed by atoms with Crippen molar-refractivity contribution in [2.45, 2.75) is 45.8 Å². The summed E-state index contributed by atoms with van der Waals surface area (Å²) in [7, 11) is 0. The largest absolute Gasteiger partial charge is 0.458 e. The summed E-state index contributed by atoms with van der Waals surface area (Å²) in [6.07, 6.45) is 3.25. The number of carbonyl (C=O) groups is 2. The fraction of sp³-hybridized carbons (Fsp3) is 0.350. The van der Waals surface area contributed by atoms with Crippen molar-refractivity contribution in [2.24, 2.45) is 0 Å². The molecule has 0 bridgehead atoms. The van der Waals surface area contributed by atoms with Gasteiger partial charge in [0.1, 0.15) is 17.0 Å². The number of esters is 1. The van der Waals surface area contributed by atoms with Crippen molar-refractivity contribution in [1.82, 2.24) is 4.57 Å². The number of hydrogen-bond donors (Lipinski definition) is 0. The highest BCUT2D eigenvalue weighted by Crippen LogP contribution is 2.24. The van der Waals surface area contributed by atoms with Crippen molar-refractivity contribution >= 4 is 12.3 Å². The Morgan fingerprint density at radius 3 is 2.15 bits per heavy atom. The van der Waals surface area contributed by atoms with Crippen molar-refractivity contribution in [3.05, 3.63) is 58.3 Å². The highest BCUT2D eigenvalue weighted by Gasteiger charge is 2.34. The van der Waals surface area contributed by atoms with Gasteiger partial charge in [0.25, 0.3) is 0 Å². The van der Waals surface area contributed by atoms with Crippen LogP contribution in [-0.4, -0.2) is 22.4 Å². The molecule has 138 valence electrons. The summed E-state index contributed by atoms with van der Waals surface area (Å²) < 4.78 is 20.1. The maximum Gasteiger partial charge on any atom is 0.332 e. The van der Waals surface area contributed by atoms with Crippen LogP contribution in [-0.2, 0) is 15.1 Å². The third-order valence-corrected chi connectivity index (χ3v) is 3.88. The SMILES string of the molecule is CC(C)(C)OC(=O)C(C)(C)n1cc(C=O)c(=O)c(-c2ccc(F)cc2)c1. The number of aromatic nitrogens is 1. The van der Waals surface area contributed by atoms with Crippen molar-refractivity contribution in [3.63, 3.8) is 0 Å². The summed E-state index contributed by atoms with van der Waals surface area (Å²) in [5.74, 6) is -0.940. The molecule has 0 fully saturated rings. The quantitative estimate of drug-likeness (QED) is 0.619. The molecule has 0 unspecified atom stereocenters. The van der Waals surface area contributed by atoms with Gasteiger partial charge in [-0.15, -0.1) is 0 Å². The minimum Gasteiger partial charge on any atom is -0.458 e. The van der Waals surface area contributed by atoms with Crippen molar-refractivity contribution in [3.8, 4) is 11.1 Å². The molecule has 0 aliphatic rings. The van der Waals surface area contributed by atoms with Gasteiger partial charge in [0, 0.05) is 18.0 Å². The van der Waals surface area contributed by atoms with Gasteiger partial charge in [0.2, 0.25) is 0 Å². The molecule has 2 rings (SSSR count). The number of ether oxygens (including phenoxy) is 1. The van der Waals surface area contributed by atoms with Crippen LogP contribution in [0.3, 0.4) is 0 Å². The van der Waals surface area contributed by atoms with Crippen LogP contribution in [0.4, 0.5) is 4.39 Å². The lowest BCUT2D eigenvalue weighted by atomic mass is 10.0. The van der Waals surface area contributed by atoms with Crippen LogP contribution < -0.4 is 5.43 Å². The number of rotatable bonds is 4. The number of nitrogens with zero attached hydrogens (tertiary/aromatic N) is 1. The van der Waals surface area contributed by atoms with E-state index in [9.17, 15) is 18.8 Å². The van der Waals surface area contributed by atoms with Crippen LogP contribution in [0.1, 0.15) is 45.0 Å². The molecule has 2 aromatic rings. The topological polar surface area (TPSA) is 65.4 Å². The molecule has 0 aliphatic heterocycles. The molecule has 0 amide bonds. The molecule has 0 aliphatic carbocycles. The second kappa shape index (κ2) is 6.86. The molecule has 0 atom stereocenters. The van der Waals surface area contributed by atoms with E-state index in [1.54, 1.807) is 34.6 Å². The molecule has 0 saturated carbocycles. The average molecular weight is 359 g/mol. The molecule has 0 radical (unpaired) electrons. The minimum absolute atomic E-state index is 0.0940. The average Bonchev–Trinajstić information content (AvgIpc) is 2.54. The maximum absolute atomic E-state index is 13.2. The van der Waals surface area contributed by atoms with Crippen LogP contribution in [0, 0.1) is 5.82 Å². The highest BCUT2D eigenvalue weighted by atomic mass is 19.1. The summed E-state index contributed by atoms with van der Waals surface area (Å²) in [6.45, 7) is 8.54. The van der Waals surface area contributed by atoms with Gasteiger partial charge in [-0.2, -0.15) is 0 Å². The first kappa shape index (κ1) is 19.6. The Morgan fingerprint density at radius 2 is 1.65 bits per heavy atom. The number of benzene rings is 1. The van der Waals surface area contributed by atoms with Crippen molar-refractivity contribution in [2.75, 3.05) is 0 Å². The summed E-state index contributed by atoms with van der Waals surface area (Å²) in [4.78, 5) is 36.5. The summed E-state index contributed by atoms with van der Waals surface area (Å²) in [5, 5.41) is 0. The van der Waals surface area contributed by atoms with E-state index in [0.29, 0.717) is 11.8 Å². The summed E-state index contributed by atoms with van der Waals surface area (Å²) >= 11 is 0. The Morgan fingerprint density at radius 1 is 1.08 bits per heavy atom. The normalized spacial score (nSPS) is 11.9. The molecule has 26 heavy (non-hydrogen) atoms. The first-order valence-electron chi connectivity index (χ1n) is 8.17. The highest BCUT2D eigenvalue weighted by molar-refractivity contribution is 5.81. The van der Waals surface area contributed by atoms with Gasteiger partial charge in [-0.3, -0.25) is 9.59 Å². The lowest BCUT2D eigenvalue weighted by Crippen LogP contribution is -2.41. The standard InChI is InChI=1S/C20H22FNO4/c1-19(2,3)26-18(25)20(4,5)22-10-14(12-23)17(24)16(11-22)13-6-8-15(21)9-7-13/h6-12H,1-5H3. The maximum atomic E-state index is 13.2. The number of aldehydes is 1. The van der Waals surface area contributed by atoms with E-state index in [2.05, 4.69) is 0 Å². The Labute approximate surface area is 151 Å². The number of halogens is 1. The third-order valence-electron chi connectivity index (χ3n) is 3.88. The fourth-order valence-corrected chi connectivity index (χ4v) is 2.35. The van der Waals surface area contributed by atoms with Crippen molar-refractivity contribution < 1.29 is 18.7 Å². The van der Waals surface area contributed by atoms with E-state index >= 15 is 0 Å². The third kappa shape index (κ3) is 4.07. The summed E-state index contributed by atoms with van der Waals surface area (Å²) in [5.41, 5.74) is -1.76. The Bertz CT molecular complexity index is 890. The van der Waals surface area contributed by atoms with E-state index in [1.165, 1.54) is 41.2 Å². The molecular formula is C20H22FNO4. The van der Waals surface area contributed by atoms with Gasteiger partial charge < -0.3 is 9.30 Å². The number of hydrogen-bond acceptors (Lipinski definition) is 4. The Hall–Kier alpha value is -2.76. The number of pyridine rings is 1. The van der Waals surface area contributed by atoms with E-state index in [0.717, 1.165) is 0 Å². The van der Waals surface area contributed by atoms with Gasteiger partial charge >= 0.3 is 5.97 Å². The fourth-order valence-electron chi connectivity index (χ4n) is 2.35. The molecule has 0 N–H and O–H groups in total. The Balaban J connectivity index is 2.61. The van der Waals surface area contributed by atoms with Gasteiger partial charge in [0.15, 0.2) is 11.7 Å². The lowest BCUT2D eigenvalue weighted by Gasteiger charge is -2.31. The zero-order chi connectivity index (χ0) is 19.7.